The second kappa shape index (κ2) is 6.06. The molecule has 0 aliphatic heterocycles. The molecule has 3 heteroatoms. The largest absolute Gasteiger partial charge is 0.466 e. The van der Waals surface area contributed by atoms with E-state index in [1.54, 1.807) is 0 Å². The molecule has 0 unspecified atom stereocenters. The lowest BCUT2D eigenvalue weighted by molar-refractivity contribution is 0.177. The Kier molecular flexibility index (Phi) is 4.43. The summed E-state index contributed by atoms with van der Waals surface area (Å²) in [5.41, 5.74) is 0. The molecule has 1 fully saturated rings. The minimum atomic E-state index is 0.294. The summed E-state index contributed by atoms with van der Waals surface area (Å²) in [4.78, 5) is 2.42. The Morgan fingerprint density at radius 3 is 2.61 bits per heavy atom. The van der Waals surface area contributed by atoms with Gasteiger partial charge in [-0.25, -0.2) is 0 Å². The lowest BCUT2D eigenvalue weighted by Gasteiger charge is -2.32. The fraction of sp³-hybridized carbons (Fsp3) is 0.667. The molecule has 98 valence electrons. The quantitative estimate of drug-likeness (QED) is 0.819. The summed E-state index contributed by atoms with van der Waals surface area (Å²) < 4.78 is 5.59. The van der Waals surface area contributed by atoms with Crippen LogP contribution in [0.15, 0.2) is 16.5 Å². The third kappa shape index (κ3) is 3.36. The number of rotatable bonds is 4. The fourth-order valence-corrected chi connectivity index (χ4v) is 2.73. The molecule has 0 N–H and O–H groups in total. The monoisotopic (exact) mass is 246 g/mol. The van der Waals surface area contributed by atoms with Gasteiger partial charge in [-0.1, -0.05) is 0 Å². The highest BCUT2D eigenvalue weighted by Gasteiger charge is 2.23. The first kappa shape index (κ1) is 13.2. The predicted molar refractivity (Wildman–Crippen MR) is 71.1 cm³/mol. The second-order valence-electron chi connectivity index (χ2n) is 5.38. The number of furan rings is 1. The first-order valence-electron chi connectivity index (χ1n) is 6.84. The first-order chi connectivity index (χ1) is 8.69. The van der Waals surface area contributed by atoms with Crippen LogP contribution in [0.25, 0.3) is 0 Å². The van der Waals surface area contributed by atoms with E-state index in [-0.39, 0.29) is 0 Å². The molecule has 1 aliphatic carbocycles. The Labute approximate surface area is 109 Å². The molecule has 1 aliphatic rings. The van der Waals surface area contributed by atoms with Gasteiger partial charge in [0.05, 0.1) is 6.07 Å². The normalized spacial score (nSPS) is 24.1. The summed E-state index contributed by atoms with van der Waals surface area (Å²) in [6, 6.07) is 7.12. The Bertz CT molecular complexity index is 410. The molecule has 0 radical (unpaired) electrons. The topological polar surface area (TPSA) is 40.2 Å². The Balaban J connectivity index is 1.75. The molecular weight excluding hydrogens is 224 g/mol. The van der Waals surface area contributed by atoms with Gasteiger partial charge in [-0.05, 0) is 51.8 Å². The second-order valence-corrected chi connectivity index (χ2v) is 5.38. The zero-order valence-electron chi connectivity index (χ0n) is 11.4. The Morgan fingerprint density at radius 2 is 2.06 bits per heavy atom. The molecule has 1 heterocycles. The maximum absolute atomic E-state index is 8.89. The molecule has 18 heavy (non-hydrogen) atoms. The minimum absolute atomic E-state index is 0.294. The number of nitrogens with zero attached hydrogens (tertiary/aromatic N) is 2. The standard InChI is InChI=1S/C15H22N2O/c1-12-3-8-15(18-12)9-10-17(2)14-6-4-13(11-16)5-7-14/h3,8,13-14H,4-7,9-10H2,1-2H3. The van der Waals surface area contributed by atoms with E-state index in [4.69, 9.17) is 9.68 Å². The van der Waals surface area contributed by atoms with E-state index in [0.29, 0.717) is 12.0 Å². The van der Waals surface area contributed by atoms with Crippen molar-refractivity contribution >= 4 is 0 Å². The first-order valence-corrected chi connectivity index (χ1v) is 6.84. The molecular formula is C15H22N2O. The van der Waals surface area contributed by atoms with E-state index < -0.39 is 0 Å². The highest BCUT2D eigenvalue weighted by molar-refractivity contribution is 5.05. The third-order valence-electron chi connectivity index (χ3n) is 4.01. The zero-order valence-corrected chi connectivity index (χ0v) is 11.4. The van der Waals surface area contributed by atoms with E-state index >= 15 is 0 Å². The highest BCUT2D eigenvalue weighted by Crippen LogP contribution is 2.26. The third-order valence-corrected chi connectivity index (χ3v) is 4.01. The minimum Gasteiger partial charge on any atom is -0.466 e. The van der Waals surface area contributed by atoms with Crippen LogP contribution in [0.3, 0.4) is 0 Å². The molecule has 0 aromatic carbocycles. The van der Waals surface area contributed by atoms with Gasteiger partial charge in [0.1, 0.15) is 11.5 Å². The van der Waals surface area contributed by atoms with Crippen molar-refractivity contribution in [2.45, 2.75) is 45.1 Å². The van der Waals surface area contributed by atoms with E-state index in [1.807, 2.05) is 13.0 Å². The van der Waals surface area contributed by atoms with Gasteiger partial charge in [0.2, 0.25) is 0 Å². The van der Waals surface area contributed by atoms with Crippen LogP contribution >= 0.6 is 0 Å². The summed E-state index contributed by atoms with van der Waals surface area (Å²) >= 11 is 0. The summed E-state index contributed by atoms with van der Waals surface area (Å²) in [6.07, 6.45) is 5.41. The summed E-state index contributed by atoms with van der Waals surface area (Å²) in [7, 11) is 2.19. The van der Waals surface area contributed by atoms with Gasteiger partial charge < -0.3 is 9.32 Å². The van der Waals surface area contributed by atoms with Gasteiger partial charge >= 0.3 is 0 Å². The van der Waals surface area contributed by atoms with Crippen LogP contribution < -0.4 is 0 Å². The van der Waals surface area contributed by atoms with Crippen molar-refractivity contribution in [1.82, 2.24) is 4.90 Å². The molecule has 0 atom stereocenters. The maximum atomic E-state index is 8.89. The van der Waals surface area contributed by atoms with Crippen molar-refractivity contribution < 1.29 is 4.42 Å². The maximum Gasteiger partial charge on any atom is 0.105 e. The molecule has 0 bridgehead atoms. The number of hydrogen-bond acceptors (Lipinski definition) is 3. The van der Waals surface area contributed by atoms with E-state index in [0.717, 1.165) is 50.2 Å². The summed E-state index contributed by atoms with van der Waals surface area (Å²) in [5.74, 6) is 2.36. The average molecular weight is 246 g/mol. The van der Waals surface area contributed by atoms with E-state index in [9.17, 15) is 0 Å². The molecule has 1 aromatic heterocycles. The van der Waals surface area contributed by atoms with Crippen LogP contribution in [0.1, 0.15) is 37.2 Å². The number of likely N-dealkylation sites (N-methyl/N-ethyl adjacent to an activating group) is 1. The van der Waals surface area contributed by atoms with Gasteiger partial charge in [-0.2, -0.15) is 5.26 Å². The molecule has 1 aromatic rings. The Hall–Kier alpha value is -1.27. The number of hydrogen-bond donors (Lipinski definition) is 0. The smallest absolute Gasteiger partial charge is 0.105 e. The lowest BCUT2D eigenvalue weighted by Crippen LogP contribution is -2.36. The molecule has 3 nitrogen and oxygen atoms in total. The molecule has 2 rings (SSSR count). The fourth-order valence-electron chi connectivity index (χ4n) is 2.73. The predicted octanol–water partition coefficient (Wildman–Crippen LogP) is 3.14. The van der Waals surface area contributed by atoms with E-state index in [1.165, 1.54) is 0 Å². The number of nitriles is 1. The van der Waals surface area contributed by atoms with Gasteiger partial charge in [0.15, 0.2) is 0 Å². The summed E-state index contributed by atoms with van der Waals surface area (Å²) in [6.45, 7) is 3.02. The van der Waals surface area contributed by atoms with Gasteiger partial charge in [0, 0.05) is 24.9 Å². The van der Waals surface area contributed by atoms with Crippen LogP contribution in [0.4, 0.5) is 0 Å². The Morgan fingerprint density at radius 1 is 1.33 bits per heavy atom. The molecule has 0 amide bonds. The summed E-state index contributed by atoms with van der Waals surface area (Å²) in [5, 5.41) is 8.89. The van der Waals surface area contributed by atoms with Crippen LogP contribution in [0.5, 0.6) is 0 Å². The van der Waals surface area contributed by atoms with Crippen molar-refractivity contribution in [3.8, 4) is 6.07 Å². The molecule has 1 saturated carbocycles. The van der Waals surface area contributed by atoms with Crippen molar-refractivity contribution in [3.05, 3.63) is 23.7 Å². The average Bonchev–Trinajstić information content (AvgIpc) is 2.82. The molecule has 0 spiro atoms. The van der Waals surface area contributed by atoms with Crippen LogP contribution in [-0.4, -0.2) is 24.5 Å². The van der Waals surface area contributed by atoms with Crippen molar-refractivity contribution in [2.75, 3.05) is 13.6 Å². The zero-order chi connectivity index (χ0) is 13.0. The highest BCUT2D eigenvalue weighted by atomic mass is 16.3. The van der Waals surface area contributed by atoms with Crippen molar-refractivity contribution in [2.24, 2.45) is 5.92 Å². The van der Waals surface area contributed by atoms with Gasteiger partial charge in [-0.15, -0.1) is 0 Å². The van der Waals surface area contributed by atoms with Crippen LogP contribution in [0, 0.1) is 24.2 Å². The number of aryl methyl sites for hydroxylation is 1. The van der Waals surface area contributed by atoms with Crippen LogP contribution in [0.2, 0.25) is 0 Å². The van der Waals surface area contributed by atoms with Crippen molar-refractivity contribution in [3.63, 3.8) is 0 Å². The van der Waals surface area contributed by atoms with Crippen molar-refractivity contribution in [1.29, 1.82) is 5.26 Å². The van der Waals surface area contributed by atoms with E-state index in [2.05, 4.69) is 24.1 Å². The lowest BCUT2D eigenvalue weighted by atomic mass is 9.86. The van der Waals surface area contributed by atoms with Gasteiger partial charge in [-0.3, -0.25) is 0 Å². The van der Waals surface area contributed by atoms with Crippen LogP contribution in [-0.2, 0) is 6.42 Å². The molecule has 0 saturated heterocycles. The van der Waals surface area contributed by atoms with Gasteiger partial charge in [0.25, 0.3) is 0 Å². The SMILES string of the molecule is Cc1ccc(CCN(C)C2CCC(C#N)CC2)o1.